The zero-order valence-corrected chi connectivity index (χ0v) is 12.1. The van der Waals surface area contributed by atoms with Gasteiger partial charge in [-0.25, -0.2) is 4.79 Å². The highest BCUT2D eigenvalue weighted by atomic mass is 16.6. The number of hydrogen-bond acceptors (Lipinski definition) is 5. The first-order valence-electron chi connectivity index (χ1n) is 6.67. The van der Waals surface area contributed by atoms with Crippen LogP contribution in [0, 0.1) is 6.92 Å². The summed E-state index contributed by atoms with van der Waals surface area (Å²) in [5.41, 5.74) is 0.571. The van der Waals surface area contributed by atoms with Crippen molar-refractivity contribution in [3.8, 4) is 17.4 Å². The summed E-state index contributed by atoms with van der Waals surface area (Å²) >= 11 is 0. The number of fused-ring (bicyclic) bond motifs is 1. The van der Waals surface area contributed by atoms with Crippen LogP contribution in [-0.2, 0) is 4.74 Å². The number of carbonyl (C=O) groups excluding carboxylic acids is 1. The Bertz CT molecular complexity index is 834. The molecule has 0 spiro atoms. The molecule has 0 saturated heterocycles. The molecule has 0 atom stereocenters. The van der Waals surface area contributed by atoms with Crippen molar-refractivity contribution in [2.24, 2.45) is 0 Å². The van der Waals surface area contributed by atoms with Crippen molar-refractivity contribution in [3.05, 3.63) is 53.8 Å². The van der Waals surface area contributed by atoms with Crippen LogP contribution >= 0.6 is 0 Å². The van der Waals surface area contributed by atoms with Crippen molar-refractivity contribution in [2.75, 3.05) is 7.11 Å². The maximum Gasteiger partial charge on any atom is 0.342 e. The molecule has 0 unspecified atom stereocenters. The lowest BCUT2D eigenvalue weighted by Gasteiger charge is -2.15. The molecule has 0 aliphatic rings. The molecule has 5 nitrogen and oxygen atoms in total. The van der Waals surface area contributed by atoms with Crippen molar-refractivity contribution in [3.63, 3.8) is 0 Å². The Hall–Kier alpha value is -2.95. The summed E-state index contributed by atoms with van der Waals surface area (Å²) < 4.78 is 15.8. The number of methoxy groups -OCH3 is 1. The van der Waals surface area contributed by atoms with Crippen LogP contribution in [0.4, 0.5) is 0 Å². The minimum absolute atomic E-state index is 0.0304. The van der Waals surface area contributed by atoms with Gasteiger partial charge in [0.1, 0.15) is 11.3 Å². The molecule has 112 valence electrons. The first kappa shape index (κ1) is 14.0. The highest BCUT2D eigenvalue weighted by Gasteiger charge is 2.24. The van der Waals surface area contributed by atoms with Crippen molar-refractivity contribution in [1.29, 1.82) is 0 Å². The molecule has 1 N–H and O–H groups in total. The van der Waals surface area contributed by atoms with Crippen LogP contribution in [0.25, 0.3) is 10.8 Å². The smallest absolute Gasteiger partial charge is 0.342 e. The monoisotopic (exact) mass is 298 g/mol. The minimum atomic E-state index is -0.583. The summed E-state index contributed by atoms with van der Waals surface area (Å²) in [6.45, 7) is 1.64. The Kier molecular flexibility index (Phi) is 3.47. The molecule has 2 aromatic carbocycles. The lowest BCUT2D eigenvalue weighted by atomic mass is 9.98. The maximum absolute atomic E-state index is 12.1. The van der Waals surface area contributed by atoms with E-state index in [1.807, 2.05) is 0 Å². The Labute approximate surface area is 126 Å². The van der Waals surface area contributed by atoms with Crippen LogP contribution in [0.2, 0.25) is 0 Å². The Morgan fingerprint density at radius 2 is 1.86 bits per heavy atom. The Morgan fingerprint density at radius 1 is 1.14 bits per heavy atom. The second kappa shape index (κ2) is 5.44. The fourth-order valence-corrected chi connectivity index (χ4v) is 2.39. The van der Waals surface area contributed by atoms with E-state index in [4.69, 9.17) is 13.9 Å². The number of furan rings is 1. The van der Waals surface area contributed by atoms with E-state index in [1.165, 1.54) is 13.4 Å². The number of carbonyl (C=O) groups is 1. The summed E-state index contributed by atoms with van der Waals surface area (Å²) in [7, 11) is 1.28. The predicted molar refractivity (Wildman–Crippen MR) is 80.5 cm³/mol. The van der Waals surface area contributed by atoms with E-state index in [9.17, 15) is 9.90 Å². The molecule has 5 heteroatoms. The predicted octanol–water partition coefficient (Wildman–Crippen LogP) is 4.03. The van der Waals surface area contributed by atoms with Crippen LogP contribution in [0.15, 0.2) is 47.1 Å². The zero-order valence-electron chi connectivity index (χ0n) is 12.1. The average molecular weight is 298 g/mol. The summed E-state index contributed by atoms with van der Waals surface area (Å²) in [5, 5.41) is 11.5. The lowest BCUT2D eigenvalue weighted by Crippen LogP contribution is -2.07. The number of aromatic hydroxyl groups is 1. The second-order valence-electron chi connectivity index (χ2n) is 4.75. The zero-order chi connectivity index (χ0) is 15.7. The number of hydrogen-bond donors (Lipinski definition) is 1. The summed E-state index contributed by atoms with van der Waals surface area (Å²) in [5.74, 6) is -0.00370. The molecule has 0 fully saturated rings. The van der Waals surface area contributed by atoms with Crippen LogP contribution in [-0.4, -0.2) is 18.2 Å². The third-order valence-electron chi connectivity index (χ3n) is 3.47. The van der Waals surface area contributed by atoms with E-state index >= 15 is 0 Å². The van der Waals surface area contributed by atoms with Gasteiger partial charge in [-0.2, -0.15) is 0 Å². The topological polar surface area (TPSA) is 68.9 Å². The van der Waals surface area contributed by atoms with Gasteiger partial charge in [-0.05, 0) is 13.0 Å². The van der Waals surface area contributed by atoms with Gasteiger partial charge in [-0.15, -0.1) is 0 Å². The first-order chi connectivity index (χ1) is 10.6. The van der Waals surface area contributed by atoms with Gasteiger partial charge < -0.3 is 19.0 Å². The van der Waals surface area contributed by atoms with Gasteiger partial charge in [0, 0.05) is 22.4 Å². The van der Waals surface area contributed by atoms with Gasteiger partial charge in [0.2, 0.25) is 0 Å². The highest BCUT2D eigenvalue weighted by Crippen LogP contribution is 2.42. The van der Waals surface area contributed by atoms with Crippen molar-refractivity contribution in [1.82, 2.24) is 0 Å². The number of esters is 1. The summed E-state index contributed by atoms with van der Waals surface area (Å²) in [6.07, 6.45) is 1.47. The molecule has 0 radical (unpaired) electrons. The standard InChI is InChI=1S/C17H14O5/c1-10-14(17(19)20-2)16(22-13-8-5-9-21-13)12-7-4-3-6-11(12)15(10)18/h3-9,18H,1-2H3. The van der Waals surface area contributed by atoms with Crippen molar-refractivity contribution in [2.45, 2.75) is 6.92 Å². The van der Waals surface area contributed by atoms with E-state index in [0.29, 0.717) is 22.1 Å². The molecule has 22 heavy (non-hydrogen) atoms. The van der Waals surface area contributed by atoms with Gasteiger partial charge in [-0.3, -0.25) is 0 Å². The molecule has 0 aliphatic heterocycles. The summed E-state index contributed by atoms with van der Waals surface area (Å²) in [4.78, 5) is 12.1. The lowest BCUT2D eigenvalue weighted by molar-refractivity contribution is 0.0596. The molecule has 0 bridgehead atoms. The van der Waals surface area contributed by atoms with Crippen LogP contribution in [0.3, 0.4) is 0 Å². The van der Waals surface area contributed by atoms with Gasteiger partial charge in [0.05, 0.1) is 13.4 Å². The average Bonchev–Trinajstić information content (AvgIpc) is 3.05. The molecule has 0 saturated carbocycles. The first-order valence-corrected chi connectivity index (χ1v) is 6.67. The van der Waals surface area contributed by atoms with Gasteiger partial charge in [-0.1, -0.05) is 24.3 Å². The van der Waals surface area contributed by atoms with Crippen molar-refractivity contribution >= 4 is 16.7 Å². The quantitative estimate of drug-likeness (QED) is 0.739. The molecule has 0 amide bonds. The molecule has 3 rings (SSSR count). The van der Waals surface area contributed by atoms with Crippen molar-refractivity contribution < 1.29 is 23.8 Å². The van der Waals surface area contributed by atoms with Gasteiger partial charge in [0.15, 0.2) is 5.75 Å². The third-order valence-corrected chi connectivity index (χ3v) is 3.47. The third kappa shape index (κ3) is 2.16. The van der Waals surface area contributed by atoms with Crippen LogP contribution in [0.1, 0.15) is 15.9 Å². The fraction of sp³-hybridized carbons (Fsp3) is 0.118. The summed E-state index contributed by atoms with van der Waals surface area (Å²) in [6, 6.07) is 10.4. The molecule has 1 heterocycles. The maximum atomic E-state index is 12.1. The Morgan fingerprint density at radius 3 is 2.50 bits per heavy atom. The normalized spacial score (nSPS) is 10.6. The number of phenols is 1. The Balaban J connectivity index is 2.34. The second-order valence-corrected chi connectivity index (χ2v) is 4.75. The van der Waals surface area contributed by atoms with E-state index in [-0.39, 0.29) is 17.3 Å². The number of ether oxygens (including phenoxy) is 2. The molecular formula is C17H14O5. The largest absolute Gasteiger partial charge is 0.507 e. The molecular weight excluding hydrogens is 284 g/mol. The number of rotatable bonds is 3. The van der Waals surface area contributed by atoms with Gasteiger partial charge in [0.25, 0.3) is 5.95 Å². The van der Waals surface area contributed by atoms with Gasteiger partial charge >= 0.3 is 5.97 Å². The number of phenolic OH excluding ortho intramolecular Hbond substituents is 1. The van der Waals surface area contributed by atoms with E-state index in [0.717, 1.165) is 0 Å². The minimum Gasteiger partial charge on any atom is -0.507 e. The van der Waals surface area contributed by atoms with E-state index in [1.54, 1.807) is 43.3 Å². The SMILES string of the molecule is COC(=O)c1c(C)c(O)c2ccccc2c1Oc1ccco1. The van der Waals surface area contributed by atoms with Crippen LogP contribution < -0.4 is 4.74 Å². The van der Waals surface area contributed by atoms with E-state index < -0.39 is 5.97 Å². The fourth-order valence-electron chi connectivity index (χ4n) is 2.39. The highest BCUT2D eigenvalue weighted by molar-refractivity contribution is 6.05. The van der Waals surface area contributed by atoms with E-state index in [2.05, 4.69) is 0 Å². The number of benzene rings is 2. The molecule has 3 aromatic rings. The molecule has 0 aliphatic carbocycles. The van der Waals surface area contributed by atoms with Crippen LogP contribution in [0.5, 0.6) is 17.4 Å². The molecule has 1 aromatic heterocycles.